The van der Waals surface area contributed by atoms with E-state index in [1.807, 2.05) is 0 Å². The summed E-state index contributed by atoms with van der Waals surface area (Å²) >= 11 is 7.19. The van der Waals surface area contributed by atoms with E-state index >= 15 is 0 Å². The molecular weight excluding hydrogens is 526 g/mol. The van der Waals surface area contributed by atoms with Gasteiger partial charge in [0.05, 0.1) is 14.9 Å². The molecule has 0 radical (unpaired) electrons. The summed E-state index contributed by atoms with van der Waals surface area (Å²) in [6.07, 6.45) is 0. The van der Waals surface area contributed by atoms with Gasteiger partial charge in [-0.15, -0.1) is 11.3 Å². The molecule has 37 heavy (non-hydrogen) atoms. The number of anilines is 1. The molecule has 0 unspecified atom stereocenters. The molecular formula is C23H14ClN5O7S. The highest BCUT2D eigenvalue weighted by Gasteiger charge is 2.20. The first-order valence-electron chi connectivity index (χ1n) is 10.3. The molecule has 1 heterocycles. The molecule has 0 saturated heterocycles. The Morgan fingerprint density at radius 2 is 1.27 bits per heavy atom. The largest absolute Gasteiger partial charge is 0.322 e. The van der Waals surface area contributed by atoms with Gasteiger partial charge < -0.3 is 5.32 Å². The van der Waals surface area contributed by atoms with E-state index in [9.17, 15) is 34.6 Å². The van der Waals surface area contributed by atoms with Crippen LogP contribution in [0.5, 0.6) is 0 Å². The maximum atomic E-state index is 12.5. The van der Waals surface area contributed by atoms with E-state index in [-0.39, 0.29) is 32.4 Å². The Morgan fingerprint density at radius 1 is 0.730 bits per heavy atom. The van der Waals surface area contributed by atoms with E-state index in [0.717, 1.165) is 11.3 Å². The van der Waals surface area contributed by atoms with Crippen LogP contribution in [0.2, 0.25) is 5.02 Å². The van der Waals surface area contributed by atoms with Crippen molar-refractivity contribution in [1.29, 1.82) is 0 Å². The molecule has 4 rings (SSSR count). The van der Waals surface area contributed by atoms with Crippen molar-refractivity contribution in [2.24, 2.45) is 0 Å². The summed E-state index contributed by atoms with van der Waals surface area (Å²) in [7, 11) is 0. The minimum atomic E-state index is -0.700. The molecule has 14 heteroatoms. The van der Waals surface area contributed by atoms with Crippen molar-refractivity contribution in [3.8, 4) is 0 Å². The molecule has 12 nitrogen and oxygen atoms in total. The predicted molar refractivity (Wildman–Crippen MR) is 136 cm³/mol. The highest BCUT2D eigenvalue weighted by Crippen LogP contribution is 2.37. The van der Waals surface area contributed by atoms with Gasteiger partial charge in [-0.25, -0.2) is 0 Å². The Hall–Kier alpha value is -4.88. The number of hydrogen-bond donors (Lipinski definition) is 3. The zero-order chi connectivity index (χ0) is 26.7. The van der Waals surface area contributed by atoms with Crippen LogP contribution in [0, 0.1) is 20.2 Å². The average molecular weight is 540 g/mol. The van der Waals surface area contributed by atoms with Crippen LogP contribution in [-0.2, 0) is 0 Å². The zero-order valence-corrected chi connectivity index (χ0v) is 20.0. The minimum absolute atomic E-state index is 0.0711. The molecule has 0 aliphatic rings. The predicted octanol–water partition coefficient (Wildman–Crippen LogP) is 4.70. The van der Waals surface area contributed by atoms with Gasteiger partial charge in [0.1, 0.15) is 4.88 Å². The molecule has 3 N–H and O–H groups in total. The fourth-order valence-corrected chi connectivity index (χ4v) is 4.64. The second-order valence-electron chi connectivity index (χ2n) is 7.43. The average Bonchev–Trinajstić information content (AvgIpc) is 3.23. The molecule has 0 saturated carbocycles. The maximum absolute atomic E-state index is 12.5. The lowest BCUT2D eigenvalue weighted by atomic mass is 10.1. The summed E-state index contributed by atoms with van der Waals surface area (Å²) in [5.74, 6) is -1.84. The van der Waals surface area contributed by atoms with Gasteiger partial charge in [-0.2, -0.15) is 0 Å². The van der Waals surface area contributed by atoms with Crippen LogP contribution in [-0.4, -0.2) is 27.6 Å². The Balaban J connectivity index is 1.36. The van der Waals surface area contributed by atoms with E-state index < -0.39 is 27.6 Å². The number of non-ortho nitro benzene ring substituents is 2. The third-order valence-electron chi connectivity index (χ3n) is 5.06. The third kappa shape index (κ3) is 5.52. The first-order chi connectivity index (χ1) is 17.6. The number of benzene rings is 3. The van der Waals surface area contributed by atoms with E-state index in [1.165, 1.54) is 66.7 Å². The summed E-state index contributed by atoms with van der Waals surface area (Å²) in [6, 6.07) is 14.9. The summed E-state index contributed by atoms with van der Waals surface area (Å²) < 4.78 is 0.446. The second kappa shape index (κ2) is 10.4. The number of thiophene rings is 1. The summed E-state index contributed by atoms with van der Waals surface area (Å²) in [5, 5.41) is 24.9. The highest BCUT2D eigenvalue weighted by atomic mass is 35.5. The second-order valence-corrected chi connectivity index (χ2v) is 8.86. The van der Waals surface area contributed by atoms with Crippen LogP contribution in [0.15, 0.2) is 66.7 Å². The number of nitro groups is 2. The molecule has 3 amide bonds. The van der Waals surface area contributed by atoms with Crippen molar-refractivity contribution in [3.63, 3.8) is 0 Å². The van der Waals surface area contributed by atoms with Gasteiger partial charge >= 0.3 is 0 Å². The number of amides is 3. The lowest BCUT2D eigenvalue weighted by molar-refractivity contribution is -0.385. The van der Waals surface area contributed by atoms with Crippen LogP contribution in [0.4, 0.5) is 17.1 Å². The molecule has 0 fully saturated rings. The number of fused-ring (bicyclic) bond motifs is 1. The summed E-state index contributed by atoms with van der Waals surface area (Å²) in [6.45, 7) is 0. The third-order valence-corrected chi connectivity index (χ3v) is 6.72. The number of hydrazine groups is 1. The molecule has 3 aromatic carbocycles. The van der Waals surface area contributed by atoms with Gasteiger partial charge in [0.15, 0.2) is 0 Å². The van der Waals surface area contributed by atoms with E-state index in [1.54, 1.807) is 0 Å². The molecule has 4 aromatic rings. The summed E-state index contributed by atoms with van der Waals surface area (Å²) in [4.78, 5) is 57.9. The number of halogens is 1. The Labute approximate surface area is 216 Å². The van der Waals surface area contributed by atoms with Crippen molar-refractivity contribution in [2.75, 3.05) is 5.32 Å². The Morgan fingerprint density at radius 3 is 1.89 bits per heavy atom. The first-order valence-corrected chi connectivity index (χ1v) is 11.5. The van der Waals surface area contributed by atoms with Gasteiger partial charge in [-0.3, -0.25) is 45.5 Å². The van der Waals surface area contributed by atoms with Crippen LogP contribution >= 0.6 is 22.9 Å². The van der Waals surface area contributed by atoms with Crippen molar-refractivity contribution in [3.05, 3.63) is 108 Å². The van der Waals surface area contributed by atoms with Crippen molar-refractivity contribution in [2.45, 2.75) is 0 Å². The SMILES string of the molecule is O=C(NNC(=O)c1sc2cc([N+](=O)[O-])ccc2c1Cl)c1ccc(NC(=O)c2ccc([N+](=O)[O-])cc2)cc1. The fraction of sp³-hybridized carbons (Fsp3) is 0. The van der Waals surface area contributed by atoms with Gasteiger partial charge in [-0.1, -0.05) is 11.6 Å². The molecule has 0 atom stereocenters. The number of carbonyl (C=O) groups is 3. The van der Waals surface area contributed by atoms with E-state index in [4.69, 9.17) is 11.6 Å². The van der Waals surface area contributed by atoms with Crippen molar-refractivity contribution in [1.82, 2.24) is 10.9 Å². The highest BCUT2D eigenvalue weighted by molar-refractivity contribution is 7.21. The number of nitro benzene ring substituents is 2. The van der Waals surface area contributed by atoms with E-state index in [0.29, 0.717) is 15.8 Å². The topological polar surface area (TPSA) is 174 Å². The monoisotopic (exact) mass is 539 g/mol. The van der Waals surface area contributed by atoms with Crippen molar-refractivity contribution < 1.29 is 24.2 Å². The van der Waals surface area contributed by atoms with Crippen LogP contribution < -0.4 is 16.2 Å². The molecule has 0 aliphatic heterocycles. The fourth-order valence-electron chi connectivity index (χ4n) is 3.20. The number of rotatable bonds is 6. The van der Waals surface area contributed by atoms with Gasteiger partial charge in [0.25, 0.3) is 29.1 Å². The van der Waals surface area contributed by atoms with Gasteiger partial charge in [0.2, 0.25) is 0 Å². The van der Waals surface area contributed by atoms with Crippen LogP contribution in [0.1, 0.15) is 30.4 Å². The summed E-state index contributed by atoms with van der Waals surface area (Å²) in [5.41, 5.74) is 4.99. The van der Waals surface area contributed by atoms with Crippen LogP contribution in [0.3, 0.4) is 0 Å². The van der Waals surface area contributed by atoms with Crippen molar-refractivity contribution >= 4 is 67.8 Å². The Kier molecular flexibility index (Phi) is 7.08. The molecule has 1 aromatic heterocycles. The quantitative estimate of drug-likeness (QED) is 0.235. The first kappa shape index (κ1) is 25.2. The lowest BCUT2D eigenvalue weighted by Gasteiger charge is -2.08. The smallest absolute Gasteiger partial charge is 0.281 e. The normalized spacial score (nSPS) is 10.5. The molecule has 0 spiro atoms. The minimum Gasteiger partial charge on any atom is -0.322 e. The van der Waals surface area contributed by atoms with Gasteiger partial charge in [-0.05, 0) is 42.5 Å². The van der Waals surface area contributed by atoms with Crippen LogP contribution in [0.25, 0.3) is 10.1 Å². The number of nitrogens with zero attached hydrogens (tertiary/aromatic N) is 2. The molecule has 0 aliphatic carbocycles. The van der Waals surface area contributed by atoms with E-state index in [2.05, 4.69) is 16.2 Å². The number of nitrogens with one attached hydrogen (secondary N) is 3. The Bertz CT molecular complexity index is 1570. The zero-order valence-electron chi connectivity index (χ0n) is 18.4. The molecule has 0 bridgehead atoms. The maximum Gasteiger partial charge on any atom is 0.281 e. The standard InChI is InChI=1S/C23H14ClN5O7S/c24-19-17-10-9-16(29(35)36)11-18(17)37-20(19)23(32)27-26-22(31)13-1-5-14(6-2-13)25-21(30)12-3-7-15(8-4-12)28(33)34/h1-11H,(H,25,30)(H,26,31)(H,27,32). The van der Waals surface area contributed by atoms with Gasteiger partial charge in [0, 0.05) is 51.2 Å². The number of hydrogen-bond acceptors (Lipinski definition) is 8. The molecule has 186 valence electrons. The number of carbonyl (C=O) groups excluding carboxylic acids is 3. The lowest BCUT2D eigenvalue weighted by Crippen LogP contribution is -2.41.